The van der Waals surface area contributed by atoms with E-state index in [9.17, 15) is 4.55 Å². The van der Waals surface area contributed by atoms with E-state index in [1.165, 1.54) is 0 Å². The van der Waals surface area contributed by atoms with Crippen LogP contribution in [-0.4, -0.2) is 73.1 Å². The first-order valence-corrected chi connectivity index (χ1v) is 11.7. The van der Waals surface area contributed by atoms with Crippen LogP contribution in [0.15, 0.2) is 11.4 Å². The van der Waals surface area contributed by atoms with Crippen molar-refractivity contribution in [3.63, 3.8) is 0 Å². The Morgan fingerprint density at radius 1 is 1.26 bits per heavy atom. The number of fused-ring (bicyclic) bond motifs is 1. The number of hydrogen-bond acceptors (Lipinski definition) is 9. The van der Waals surface area contributed by atoms with E-state index in [4.69, 9.17) is 5.11 Å². The van der Waals surface area contributed by atoms with Gasteiger partial charge >= 0.3 is 0 Å². The average Bonchev–Trinajstić information content (AvgIpc) is 2.66. The van der Waals surface area contributed by atoms with Crippen LogP contribution in [0.3, 0.4) is 0 Å². The molecule has 0 amide bonds. The van der Waals surface area contributed by atoms with Gasteiger partial charge < -0.3 is 19.9 Å². The van der Waals surface area contributed by atoms with Gasteiger partial charge in [-0.15, -0.1) is 11.8 Å². The minimum atomic E-state index is -0.762. The number of aliphatic hydroxyl groups excluding tert-OH is 1. The van der Waals surface area contributed by atoms with Gasteiger partial charge in [0.2, 0.25) is 5.95 Å². The predicted octanol–water partition coefficient (Wildman–Crippen LogP) is 1.53. The number of hydrogen-bond donors (Lipinski definition) is 2. The predicted molar refractivity (Wildman–Crippen MR) is 111 cm³/mol. The topological polar surface area (TPSA) is 110 Å². The Kier molecular flexibility index (Phi) is 7.33. The van der Waals surface area contributed by atoms with Gasteiger partial charge in [0, 0.05) is 6.54 Å². The Bertz CT molecular complexity index is 756. The quantitative estimate of drug-likeness (QED) is 0.380. The van der Waals surface area contributed by atoms with Crippen molar-refractivity contribution in [3.05, 3.63) is 6.33 Å². The molecule has 3 heterocycles. The molecule has 0 saturated carbocycles. The summed E-state index contributed by atoms with van der Waals surface area (Å²) in [4.78, 5) is 20.3. The maximum Gasteiger partial charge on any atom is 0.225 e. The minimum absolute atomic E-state index is 0.000706. The fourth-order valence-electron chi connectivity index (χ4n) is 2.73. The Morgan fingerprint density at radius 3 is 2.74 bits per heavy atom. The first-order valence-electron chi connectivity index (χ1n) is 9.18. The summed E-state index contributed by atoms with van der Waals surface area (Å²) in [5.74, 6) is 4.05. The maximum absolute atomic E-state index is 11.7. The van der Waals surface area contributed by atoms with Crippen LogP contribution in [-0.2, 0) is 11.2 Å². The van der Waals surface area contributed by atoms with Crippen molar-refractivity contribution < 1.29 is 9.66 Å². The standard InChI is InChI=1S/C17H26N6O2S2/c1-12(2)3-8-26-16-14-13(19-11-20-16)15(22-17(21-14)18-4-7-24)23-5-9-27(25)10-6-23/h11-12,24H,3-10H2,1-2H3,(H,18,21,22). The molecule has 2 aromatic rings. The molecule has 1 aliphatic heterocycles. The van der Waals surface area contributed by atoms with Crippen molar-refractivity contribution in [2.24, 2.45) is 5.92 Å². The molecule has 1 fully saturated rings. The third kappa shape index (κ3) is 5.34. The molecule has 0 unspecified atom stereocenters. The highest BCUT2D eigenvalue weighted by atomic mass is 32.2. The molecule has 0 aromatic carbocycles. The second kappa shape index (κ2) is 9.72. The smallest absolute Gasteiger partial charge is 0.225 e. The Hall–Kier alpha value is -1.36. The third-order valence-corrected chi connectivity index (χ3v) is 6.52. The lowest BCUT2D eigenvalue weighted by molar-refractivity contribution is 0.311. The summed E-state index contributed by atoms with van der Waals surface area (Å²) in [5, 5.41) is 13.0. The zero-order valence-electron chi connectivity index (χ0n) is 15.7. The van der Waals surface area contributed by atoms with E-state index in [0.29, 0.717) is 43.0 Å². The lowest BCUT2D eigenvalue weighted by atomic mass is 10.2. The van der Waals surface area contributed by atoms with Crippen molar-refractivity contribution in [2.45, 2.75) is 25.3 Å². The van der Waals surface area contributed by atoms with Crippen molar-refractivity contribution in [1.82, 2.24) is 19.9 Å². The van der Waals surface area contributed by atoms with Gasteiger partial charge in [0.1, 0.15) is 33.9 Å². The first-order chi connectivity index (χ1) is 13.1. The van der Waals surface area contributed by atoms with Crippen molar-refractivity contribution in [2.75, 3.05) is 53.7 Å². The van der Waals surface area contributed by atoms with Gasteiger partial charge in [-0.05, 0) is 18.1 Å². The van der Waals surface area contributed by atoms with Gasteiger partial charge in [0.25, 0.3) is 0 Å². The monoisotopic (exact) mass is 410 g/mol. The average molecular weight is 411 g/mol. The second-order valence-corrected chi connectivity index (χ2v) is 9.54. The summed E-state index contributed by atoms with van der Waals surface area (Å²) in [7, 11) is 0. The normalized spacial score (nSPS) is 15.7. The van der Waals surface area contributed by atoms with Gasteiger partial charge in [0.15, 0.2) is 5.82 Å². The van der Waals surface area contributed by atoms with Gasteiger partial charge in [-0.3, -0.25) is 0 Å². The van der Waals surface area contributed by atoms with Crippen LogP contribution in [0.4, 0.5) is 11.8 Å². The number of nitrogens with one attached hydrogen (secondary N) is 1. The van der Waals surface area contributed by atoms with Crippen LogP contribution >= 0.6 is 11.8 Å². The second-order valence-electron chi connectivity index (χ2n) is 6.76. The molecule has 1 aliphatic rings. The Balaban J connectivity index is 1.96. The molecule has 2 aromatic heterocycles. The van der Waals surface area contributed by atoms with E-state index < -0.39 is 11.2 Å². The van der Waals surface area contributed by atoms with Crippen LogP contribution in [0.25, 0.3) is 11.0 Å². The van der Waals surface area contributed by atoms with Crippen molar-refractivity contribution >= 4 is 45.7 Å². The molecule has 0 bridgehead atoms. The lowest BCUT2D eigenvalue weighted by Gasteiger charge is -2.29. The number of rotatable bonds is 8. The Morgan fingerprint density at radius 2 is 2.04 bits per heavy atom. The fourth-order valence-corrected chi connectivity index (χ4v) is 4.96. The molecular formula is C17H26N6O2S2. The first kappa shape index (κ1) is 20.4. The van der Waals surface area contributed by atoms with Crippen LogP contribution in [0.2, 0.25) is 0 Å². The molecule has 27 heavy (non-hydrogen) atoms. The van der Waals surface area contributed by atoms with Gasteiger partial charge in [0.05, 0.1) is 19.7 Å². The van der Waals surface area contributed by atoms with Gasteiger partial charge in [-0.2, -0.15) is 4.98 Å². The summed E-state index contributed by atoms with van der Waals surface area (Å²) in [5.41, 5.74) is 1.45. The molecule has 0 aliphatic carbocycles. The van der Waals surface area contributed by atoms with Crippen LogP contribution in [0.1, 0.15) is 20.3 Å². The van der Waals surface area contributed by atoms with E-state index in [-0.39, 0.29) is 6.61 Å². The van der Waals surface area contributed by atoms with E-state index in [1.807, 2.05) is 0 Å². The van der Waals surface area contributed by atoms with Crippen molar-refractivity contribution in [3.8, 4) is 0 Å². The molecule has 0 radical (unpaired) electrons. The number of nitrogens with zero attached hydrogens (tertiary/aromatic N) is 5. The highest BCUT2D eigenvalue weighted by molar-refractivity contribution is 7.99. The summed E-state index contributed by atoms with van der Waals surface area (Å²) < 4.78 is 11.7. The number of thioether (sulfide) groups is 1. The molecule has 0 spiro atoms. The highest BCUT2D eigenvalue weighted by Gasteiger charge is 2.24. The number of anilines is 2. The fraction of sp³-hybridized carbons (Fsp3) is 0.647. The Labute approximate surface area is 166 Å². The molecule has 0 atom stereocenters. The zero-order valence-corrected chi connectivity index (χ0v) is 17.4. The summed E-state index contributed by atoms with van der Waals surface area (Å²) in [6, 6.07) is 0. The summed E-state index contributed by atoms with van der Waals surface area (Å²) in [6.07, 6.45) is 2.66. The molecule has 1 saturated heterocycles. The van der Waals surface area contributed by atoms with E-state index >= 15 is 0 Å². The number of aromatic nitrogens is 4. The molecule has 148 valence electrons. The number of aliphatic hydroxyl groups is 1. The lowest BCUT2D eigenvalue weighted by Crippen LogP contribution is -2.41. The van der Waals surface area contributed by atoms with E-state index in [0.717, 1.165) is 34.1 Å². The van der Waals surface area contributed by atoms with E-state index in [2.05, 4.69) is 44.0 Å². The largest absolute Gasteiger partial charge is 0.616 e. The molecule has 10 heteroatoms. The molecule has 8 nitrogen and oxygen atoms in total. The minimum Gasteiger partial charge on any atom is -0.616 e. The maximum atomic E-state index is 11.7. The van der Waals surface area contributed by atoms with Crippen molar-refractivity contribution in [1.29, 1.82) is 0 Å². The molecule has 2 N–H and O–H groups in total. The van der Waals surface area contributed by atoms with Crippen LogP contribution < -0.4 is 10.2 Å². The zero-order chi connectivity index (χ0) is 19.2. The van der Waals surface area contributed by atoms with E-state index in [1.54, 1.807) is 18.1 Å². The van der Waals surface area contributed by atoms with Gasteiger partial charge in [-0.25, -0.2) is 15.0 Å². The molecular weight excluding hydrogens is 384 g/mol. The summed E-state index contributed by atoms with van der Waals surface area (Å²) in [6.45, 7) is 6.14. The SMILES string of the molecule is CC(C)CCSc1ncnc2c(N3CC[S+]([O-])CC3)nc(NCCO)nc12. The van der Waals surface area contributed by atoms with Gasteiger partial charge in [-0.1, -0.05) is 25.0 Å². The highest BCUT2D eigenvalue weighted by Crippen LogP contribution is 2.30. The van der Waals surface area contributed by atoms with Crippen LogP contribution in [0.5, 0.6) is 0 Å². The van der Waals surface area contributed by atoms with Crippen LogP contribution in [0, 0.1) is 5.92 Å². The molecule has 3 rings (SSSR count). The third-order valence-electron chi connectivity index (χ3n) is 4.24. The summed E-state index contributed by atoms with van der Waals surface area (Å²) >= 11 is 0.918.